The highest BCUT2D eigenvalue weighted by Crippen LogP contribution is 2.19. The summed E-state index contributed by atoms with van der Waals surface area (Å²) in [4.78, 5) is 4.86. The summed E-state index contributed by atoms with van der Waals surface area (Å²) in [7, 11) is -3.18. The molecule has 0 saturated heterocycles. The van der Waals surface area contributed by atoms with E-state index in [1.807, 2.05) is 23.6 Å². The normalized spacial score (nSPS) is 11.4. The Bertz CT molecular complexity index is 901. The minimum absolute atomic E-state index is 0.286. The van der Waals surface area contributed by atoms with E-state index in [0.717, 1.165) is 17.1 Å². The van der Waals surface area contributed by atoms with Crippen LogP contribution < -0.4 is 4.74 Å². The van der Waals surface area contributed by atoms with E-state index in [2.05, 4.69) is 17.1 Å². The third-order valence-corrected chi connectivity index (χ3v) is 5.46. The van der Waals surface area contributed by atoms with Crippen molar-refractivity contribution in [2.45, 2.75) is 17.9 Å². The average Bonchev–Trinajstić information content (AvgIpc) is 3.01. The lowest BCUT2D eigenvalue weighted by Gasteiger charge is -2.05. The first-order valence-corrected chi connectivity index (χ1v) is 10.2. The van der Waals surface area contributed by atoms with Gasteiger partial charge >= 0.3 is 0 Å². The molecule has 3 rings (SSSR count). The molecular weight excluding hydrogens is 342 g/mol. The molecule has 2 aromatic carbocycles. The Kier molecular flexibility index (Phi) is 4.97. The molecule has 3 aromatic rings. The van der Waals surface area contributed by atoms with E-state index in [1.54, 1.807) is 35.6 Å². The quantitative estimate of drug-likeness (QED) is 0.673. The summed E-state index contributed by atoms with van der Waals surface area (Å²) < 4.78 is 28.5. The van der Waals surface area contributed by atoms with Crippen LogP contribution in [-0.4, -0.2) is 19.7 Å². The monoisotopic (exact) mass is 359 g/mol. The van der Waals surface area contributed by atoms with Gasteiger partial charge in [-0.05, 0) is 29.8 Å². The van der Waals surface area contributed by atoms with E-state index in [-0.39, 0.29) is 4.90 Å². The molecule has 0 bridgehead atoms. The van der Waals surface area contributed by atoms with Crippen molar-refractivity contribution in [1.82, 2.24) is 4.98 Å². The largest absolute Gasteiger partial charge is 0.487 e. The van der Waals surface area contributed by atoms with Crippen LogP contribution in [0.5, 0.6) is 5.75 Å². The standard InChI is InChI=1S/C18H17NO3S2/c1-24(20,21)17-9-7-16(8-10-17)22-12-15-13-23-18(19-15)11-14-5-3-2-4-6-14/h2-10,13H,11-12H2,1H3. The van der Waals surface area contributed by atoms with Crippen LogP contribution in [0.2, 0.25) is 0 Å². The zero-order valence-corrected chi connectivity index (χ0v) is 14.8. The van der Waals surface area contributed by atoms with Gasteiger partial charge in [0.05, 0.1) is 15.6 Å². The van der Waals surface area contributed by atoms with Gasteiger partial charge in [-0.25, -0.2) is 13.4 Å². The van der Waals surface area contributed by atoms with Gasteiger partial charge in [-0.2, -0.15) is 0 Å². The summed E-state index contributed by atoms with van der Waals surface area (Å²) in [5.41, 5.74) is 2.11. The molecule has 124 valence electrons. The molecule has 6 heteroatoms. The summed E-state index contributed by atoms with van der Waals surface area (Å²) in [6, 6.07) is 16.6. The molecule has 0 N–H and O–H groups in total. The number of thiazole rings is 1. The van der Waals surface area contributed by atoms with Crippen LogP contribution in [0.1, 0.15) is 16.3 Å². The smallest absolute Gasteiger partial charge is 0.175 e. The van der Waals surface area contributed by atoms with Crippen molar-refractivity contribution < 1.29 is 13.2 Å². The highest BCUT2D eigenvalue weighted by Gasteiger charge is 2.07. The summed E-state index contributed by atoms with van der Waals surface area (Å²) in [5.74, 6) is 0.625. The van der Waals surface area contributed by atoms with Crippen LogP contribution in [0.4, 0.5) is 0 Å². The fourth-order valence-electron chi connectivity index (χ4n) is 2.21. The van der Waals surface area contributed by atoms with E-state index in [4.69, 9.17) is 4.74 Å². The van der Waals surface area contributed by atoms with E-state index >= 15 is 0 Å². The van der Waals surface area contributed by atoms with Crippen molar-refractivity contribution in [1.29, 1.82) is 0 Å². The second kappa shape index (κ2) is 7.15. The Labute approximate surface area is 145 Å². The van der Waals surface area contributed by atoms with Gasteiger partial charge in [-0.3, -0.25) is 0 Å². The molecule has 4 nitrogen and oxygen atoms in total. The van der Waals surface area contributed by atoms with Gasteiger partial charge in [0.1, 0.15) is 12.4 Å². The summed E-state index contributed by atoms with van der Waals surface area (Å²) in [6.45, 7) is 0.365. The zero-order chi connectivity index (χ0) is 17.0. The number of aromatic nitrogens is 1. The summed E-state index contributed by atoms with van der Waals surface area (Å²) in [5, 5.41) is 3.04. The van der Waals surface area contributed by atoms with Gasteiger partial charge in [-0.1, -0.05) is 30.3 Å². The Morgan fingerprint density at radius 3 is 2.42 bits per heavy atom. The fraction of sp³-hybridized carbons (Fsp3) is 0.167. The van der Waals surface area contributed by atoms with E-state index in [0.29, 0.717) is 12.4 Å². The molecule has 24 heavy (non-hydrogen) atoms. The van der Waals surface area contributed by atoms with Gasteiger partial charge in [0.2, 0.25) is 0 Å². The van der Waals surface area contributed by atoms with Crippen LogP contribution in [0.25, 0.3) is 0 Å². The molecule has 0 radical (unpaired) electrons. The molecule has 0 atom stereocenters. The van der Waals surface area contributed by atoms with E-state index in [1.165, 1.54) is 11.8 Å². The molecule has 1 aromatic heterocycles. The van der Waals surface area contributed by atoms with Gasteiger partial charge in [0.15, 0.2) is 9.84 Å². The molecule has 0 spiro atoms. The fourth-order valence-corrected chi connectivity index (χ4v) is 3.65. The van der Waals surface area contributed by atoms with Crippen molar-refractivity contribution in [3.8, 4) is 5.75 Å². The summed E-state index contributed by atoms with van der Waals surface area (Å²) in [6.07, 6.45) is 2.00. The molecule has 0 aliphatic heterocycles. The first-order chi connectivity index (χ1) is 11.5. The maximum atomic E-state index is 11.4. The number of hydrogen-bond acceptors (Lipinski definition) is 5. The van der Waals surface area contributed by atoms with Gasteiger partial charge in [-0.15, -0.1) is 11.3 Å². The first-order valence-electron chi connectivity index (χ1n) is 7.41. The lowest BCUT2D eigenvalue weighted by molar-refractivity contribution is 0.301. The highest BCUT2D eigenvalue weighted by atomic mass is 32.2. The van der Waals surface area contributed by atoms with Crippen molar-refractivity contribution >= 4 is 21.2 Å². The Hall–Kier alpha value is -2.18. The summed E-state index contributed by atoms with van der Waals surface area (Å²) >= 11 is 1.61. The third kappa shape index (κ3) is 4.43. The van der Waals surface area contributed by atoms with Crippen LogP contribution in [0.15, 0.2) is 64.9 Å². The highest BCUT2D eigenvalue weighted by molar-refractivity contribution is 7.90. The van der Waals surface area contributed by atoms with Gasteiger partial charge in [0.25, 0.3) is 0 Å². The first kappa shape index (κ1) is 16.7. The van der Waals surface area contributed by atoms with Crippen molar-refractivity contribution in [3.05, 3.63) is 76.2 Å². The van der Waals surface area contributed by atoms with Crippen LogP contribution >= 0.6 is 11.3 Å². The Morgan fingerprint density at radius 1 is 1.04 bits per heavy atom. The van der Waals surface area contributed by atoms with Crippen molar-refractivity contribution in [2.75, 3.05) is 6.26 Å². The SMILES string of the molecule is CS(=O)(=O)c1ccc(OCc2csc(Cc3ccccc3)n2)cc1. The third-order valence-electron chi connectivity index (χ3n) is 3.44. The Morgan fingerprint density at radius 2 is 1.75 bits per heavy atom. The lowest BCUT2D eigenvalue weighted by Crippen LogP contribution is -1.99. The maximum absolute atomic E-state index is 11.4. The number of rotatable bonds is 6. The molecule has 0 unspecified atom stereocenters. The number of hydrogen-bond donors (Lipinski definition) is 0. The zero-order valence-electron chi connectivity index (χ0n) is 13.2. The molecule has 0 aliphatic rings. The molecule has 0 saturated carbocycles. The lowest BCUT2D eigenvalue weighted by atomic mass is 10.2. The molecule has 0 fully saturated rings. The van der Waals surface area contributed by atoms with Crippen LogP contribution in [0.3, 0.4) is 0 Å². The number of nitrogens with zero attached hydrogens (tertiary/aromatic N) is 1. The number of ether oxygens (including phenoxy) is 1. The van der Waals surface area contributed by atoms with Crippen LogP contribution in [-0.2, 0) is 22.9 Å². The maximum Gasteiger partial charge on any atom is 0.175 e. The molecule has 0 aliphatic carbocycles. The molecule has 0 amide bonds. The number of benzene rings is 2. The second-order valence-corrected chi connectivity index (χ2v) is 8.39. The number of sulfone groups is 1. The second-order valence-electron chi connectivity index (χ2n) is 5.43. The van der Waals surface area contributed by atoms with Crippen molar-refractivity contribution in [2.24, 2.45) is 0 Å². The average molecular weight is 359 g/mol. The predicted molar refractivity (Wildman–Crippen MR) is 95.2 cm³/mol. The van der Waals surface area contributed by atoms with E-state index < -0.39 is 9.84 Å². The van der Waals surface area contributed by atoms with Gasteiger partial charge < -0.3 is 4.74 Å². The Balaban J connectivity index is 1.59. The van der Waals surface area contributed by atoms with E-state index in [9.17, 15) is 8.42 Å². The predicted octanol–water partition coefficient (Wildman–Crippen LogP) is 3.72. The molecular formula is C18H17NO3S2. The minimum Gasteiger partial charge on any atom is -0.487 e. The topological polar surface area (TPSA) is 56.3 Å². The van der Waals surface area contributed by atoms with Crippen molar-refractivity contribution in [3.63, 3.8) is 0 Å². The van der Waals surface area contributed by atoms with Gasteiger partial charge in [0, 0.05) is 18.1 Å². The minimum atomic E-state index is -3.18. The molecule has 1 heterocycles. The van der Waals surface area contributed by atoms with Crippen LogP contribution in [0, 0.1) is 0 Å².